The lowest BCUT2D eigenvalue weighted by molar-refractivity contribution is -0.151. The summed E-state index contributed by atoms with van der Waals surface area (Å²) in [7, 11) is 1.60. The van der Waals surface area contributed by atoms with Crippen molar-refractivity contribution in [3.8, 4) is 5.75 Å². The van der Waals surface area contributed by atoms with E-state index in [1.54, 1.807) is 18.1 Å². The van der Waals surface area contributed by atoms with E-state index in [1.165, 1.54) is 4.90 Å². The highest BCUT2D eigenvalue weighted by molar-refractivity contribution is 6.34. The molecule has 0 aliphatic carbocycles. The molecule has 0 spiro atoms. The van der Waals surface area contributed by atoms with E-state index in [9.17, 15) is 9.59 Å². The third kappa shape index (κ3) is 3.87. The summed E-state index contributed by atoms with van der Waals surface area (Å²) >= 11 is 0. The van der Waals surface area contributed by atoms with E-state index in [4.69, 9.17) is 4.74 Å². The molecule has 5 heteroatoms. The largest absolute Gasteiger partial charge is 0.497 e. The van der Waals surface area contributed by atoms with Crippen LogP contribution in [-0.2, 0) is 16.1 Å². The maximum atomic E-state index is 12.4. The SMILES string of the molecule is C=CCN(Cc1cccc(OC)c1)C(=O)C(=O)N1CCCC1. The number of carbonyl (C=O) groups excluding carboxylic acids is 2. The molecule has 0 radical (unpaired) electrons. The van der Waals surface area contributed by atoms with E-state index in [2.05, 4.69) is 6.58 Å². The molecular formula is C17H22N2O3. The first kappa shape index (κ1) is 16.1. The monoisotopic (exact) mass is 302 g/mol. The Morgan fingerprint density at radius 3 is 2.73 bits per heavy atom. The molecule has 1 aromatic carbocycles. The highest BCUT2D eigenvalue weighted by Gasteiger charge is 2.28. The van der Waals surface area contributed by atoms with Gasteiger partial charge in [0.25, 0.3) is 0 Å². The number of ether oxygens (including phenoxy) is 1. The van der Waals surface area contributed by atoms with Crippen molar-refractivity contribution in [2.75, 3.05) is 26.7 Å². The lowest BCUT2D eigenvalue weighted by Gasteiger charge is -2.23. The molecule has 0 atom stereocenters. The predicted molar refractivity (Wildman–Crippen MR) is 84.4 cm³/mol. The van der Waals surface area contributed by atoms with Gasteiger partial charge in [-0.05, 0) is 30.5 Å². The zero-order valence-electron chi connectivity index (χ0n) is 13.0. The Morgan fingerprint density at radius 2 is 2.09 bits per heavy atom. The van der Waals surface area contributed by atoms with Gasteiger partial charge in [-0.25, -0.2) is 0 Å². The van der Waals surface area contributed by atoms with Crippen LogP contribution in [0.15, 0.2) is 36.9 Å². The summed E-state index contributed by atoms with van der Waals surface area (Å²) < 4.78 is 5.19. The minimum atomic E-state index is -0.468. The summed E-state index contributed by atoms with van der Waals surface area (Å²) in [6, 6.07) is 7.49. The molecular weight excluding hydrogens is 280 g/mol. The molecule has 0 aromatic heterocycles. The van der Waals surface area contributed by atoms with Gasteiger partial charge in [0.2, 0.25) is 0 Å². The van der Waals surface area contributed by atoms with Crippen LogP contribution in [0.5, 0.6) is 5.75 Å². The van der Waals surface area contributed by atoms with Crippen LogP contribution in [0, 0.1) is 0 Å². The topological polar surface area (TPSA) is 49.9 Å². The summed E-state index contributed by atoms with van der Waals surface area (Å²) in [5.74, 6) is -0.152. The van der Waals surface area contributed by atoms with E-state index in [-0.39, 0.29) is 0 Å². The van der Waals surface area contributed by atoms with Crippen molar-refractivity contribution in [3.05, 3.63) is 42.5 Å². The van der Waals surface area contributed by atoms with Gasteiger partial charge < -0.3 is 14.5 Å². The molecule has 1 aromatic rings. The van der Waals surface area contributed by atoms with Crippen LogP contribution in [0.3, 0.4) is 0 Å². The Hall–Kier alpha value is -2.30. The first-order valence-corrected chi connectivity index (χ1v) is 7.47. The first-order valence-electron chi connectivity index (χ1n) is 7.47. The number of hydrogen-bond donors (Lipinski definition) is 0. The number of likely N-dealkylation sites (tertiary alicyclic amines) is 1. The van der Waals surface area contributed by atoms with Crippen molar-refractivity contribution >= 4 is 11.8 Å². The van der Waals surface area contributed by atoms with Crippen molar-refractivity contribution in [1.82, 2.24) is 9.80 Å². The van der Waals surface area contributed by atoms with E-state index in [0.717, 1.165) is 24.2 Å². The van der Waals surface area contributed by atoms with Crippen LogP contribution in [0.25, 0.3) is 0 Å². The Kier molecular flexibility index (Phi) is 5.58. The number of rotatable bonds is 5. The van der Waals surface area contributed by atoms with Crippen molar-refractivity contribution in [2.24, 2.45) is 0 Å². The summed E-state index contributed by atoms with van der Waals surface area (Å²) in [5.41, 5.74) is 0.920. The second-order valence-electron chi connectivity index (χ2n) is 5.33. The highest BCUT2D eigenvalue weighted by Crippen LogP contribution is 2.15. The minimum Gasteiger partial charge on any atom is -0.497 e. The maximum absolute atomic E-state index is 12.4. The van der Waals surface area contributed by atoms with Crippen molar-refractivity contribution in [1.29, 1.82) is 0 Å². The Morgan fingerprint density at radius 1 is 1.36 bits per heavy atom. The molecule has 1 aliphatic rings. The van der Waals surface area contributed by atoms with Crippen LogP contribution < -0.4 is 4.74 Å². The lowest BCUT2D eigenvalue weighted by atomic mass is 10.2. The van der Waals surface area contributed by atoms with E-state index in [1.807, 2.05) is 24.3 Å². The van der Waals surface area contributed by atoms with E-state index in [0.29, 0.717) is 26.2 Å². The van der Waals surface area contributed by atoms with Crippen molar-refractivity contribution in [2.45, 2.75) is 19.4 Å². The third-order valence-corrected chi connectivity index (χ3v) is 3.72. The molecule has 1 heterocycles. The smallest absolute Gasteiger partial charge is 0.312 e. The van der Waals surface area contributed by atoms with Crippen molar-refractivity contribution < 1.29 is 14.3 Å². The zero-order chi connectivity index (χ0) is 15.9. The van der Waals surface area contributed by atoms with Gasteiger partial charge in [-0.2, -0.15) is 0 Å². The molecule has 1 saturated heterocycles. The zero-order valence-corrected chi connectivity index (χ0v) is 13.0. The van der Waals surface area contributed by atoms with Crippen LogP contribution in [-0.4, -0.2) is 48.4 Å². The summed E-state index contributed by atoms with van der Waals surface area (Å²) in [4.78, 5) is 27.8. The van der Waals surface area contributed by atoms with Gasteiger partial charge in [-0.3, -0.25) is 9.59 Å². The number of methoxy groups -OCH3 is 1. The molecule has 5 nitrogen and oxygen atoms in total. The van der Waals surface area contributed by atoms with Gasteiger partial charge in [0.05, 0.1) is 7.11 Å². The normalized spacial score (nSPS) is 13.8. The molecule has 1 aliphatic heterocycles. The second kappa shape index (κ2) is 7.64. The predicted octanol–water partition coefficient (Wildman–Crippen LogP) is 1.83. The fourth-order valence-electron chi connectivity index (χ4n) is 2.56. The van der Waals surface area contributed by atoms with Crippen LogP contribution in [0.4, 0.5) is 0 Å². The first-order chi connectivity index (χ1) is 10.7. The average Bonchev–Trinajstić information content (AvgIpc) is 3.07. The van der Waals surface area contributed by atoms with E-state index >= 15 is 0 Å². The Bertz CT molecular complexity index is 551. The van der Waals surface area contributed by atoms with Crippen LogP contribution in [0.2, 0.25) is 0 Å². The number of hydrogen-bond acceptors (Lipinski definition) is 3. The molecule has 22 heavy (non-hydrogen) atoms. The summed E-state index contributed by atoms with van der Waals surface area (Å²) in [5, 5.41) is 0. The Balaban J connectivity index is 2.09. The van der Waals surface area contributed by atoms with Crippen LogP contribution >= 0.6 is 0 Å². The lowest BCUT2D eigenvalue weighted by Crippen LogP contribution is -2.44. The number of amides is 2. The number of benzene rings is 1. The molecule has 0 N–H and O–H groups in total. The summed E-state index contributed by atoms with van der Waals surface area (Å²) in [6.45, 7) is 5.72. The standard InChI is InChI=1S/C17H22N2O3/c1-3-9-19(13-14-7-6-8-15(12-14)22-2)17(21)16(20)18-10-4-5-11-18/h3,6-8,12H,1,4-5,9-11,13H2,2H3. The van der Waals surface area contributed by atoms with Crippen LogP contribution in [0.1, 0.15) is 18.4 Å². The number of nitrogens with zero attached hydrogens (tertiary/aromatic N) is 2. The summed E-state index contributed by atoms with van der Waals surface area (Å²) in [6.07, 6.45) is 3.57. The van der Waals surface area contributed by atoms with Gasteiger partial charge in [-0.1, -0.05) is 18.2 Å². The van der Waals surface area contributed by atoms with Crippen molar-refractivity contribution in [3.63, 3.8) is 0 Å². The molecule has 2 rings (SSSR count). The maximum Gasteiger partial charge on any atom is 0.312 e. The minimum absolute atomic E-state index is 0.343. The molecule has 1 fully saturated rings. The fraction of sp³-hybridized carbons (Fsp3) is 0.412. The van der Waals surface area contributed by atoms with Gasteiger partial charge >= 0.3 is 11.8 Å². The fourth-order valence-corrected chi connectivity index (χ4v) is 2.56. The van der Waals surface area contributed by atoms with Gasteiger partial charge in [0, 0.05) is 26.2 Å². The highest BCUT2D eigenvalue weighted by atomic mass is 16.5. The van der Waals surface area contributed by atoms with E-state index < -0.39 is 11.8 Å². The van der Waals surface area contributed by atoms with Gasteiger partial charge in [-0.15, -0.1) is 6.58 Å². The molecule has 2 amide bonds. The van der Waals surface area contributed by atoms with Gasteiger partial charge in [0.1, 0.15) is 5.75 Å². The Labute approximate surface area is 131 Å². The molecule has 0 saturated carbocycles. The second-order valence-corrected chi connectivity index (χ2v) is 5.33. The molecule has 118 valence electrons. The molecule has 0 bridgehead atoms. The van der Waals surface area contributed by atoms with Gasteiger partial charge in [0.15, 0.2) is 0 Å². The molecule has 0 unspecified atom stereocenters. The average molecular weight is 302 g/mol. The quantitative estimate of drug-likeness (QED) is 0.616. The third-order valence-electron chi connectivity index (χ3n) is 3.72. The number of carbonyl (C=O) groups is 2.